The minimum absolute atomic E-state index is 0.335. The second-order valence-corrected chi connectivity index (χ2v) is 7.49. The van der Waals surface area contributed by atoms with Gasteiger partial charge in [-0.05, 0) is 31.7 Å². The molecule has 2 rings (SSSR count). The van der Waals surface area contributed by atoms with Gasteiger partial charge in [-0.1, -0.05) is 11.6 Å². The molecule has 1 fully saturated rings. The Hall–Kier alpha value is -0.920. The Labute approximate surface area is 129 Å². The molecule has 1 aliphatic carbocycles. The highest BCUT2D eigenvalue weighted by molar-refractivity contribution is 8.13. The zero-order valence-corrected chi connectivity index (χ0v) is 12.9. The summed E-state index contributed by atoms with van der Waals surface area (Å²) in [7, 11) is 0.365. The largest absolute Gasteiger partial charge is 0.459 e. The van der Waals surface area contributed by atoms with Gasteiger partial charge >= 0.3 is 5.97 Å². The van der Waals surface area contributed by atoms with Gasteiger partial charge in [0, 0.05) is 10.7 Å². The van der Waals surface area contributed by atoms with Crippen LogP contribution in [0.3, 0.4) is 0 Å². The summed E-state index contributed by atoms with van der Waals surface area (Å²) in [5.41, 5.74) is -0.568. The van der Waals surface area contributed by atoms with E-state index in [1.807, 2.05) is 0 Å². The van der Waals surface area contributed by atoms with Crippen LogP contribution in [-0.4, -0.2) is 20.5 Å². The topological polar surface area (TPSA) is 60.4 Å². The quantitative estimate of drug-likeness (QED) is 0.470. The number of hydrogen-bond donors (Lipinski definition) is 0. The molecule has 0 unspecified atom stereocenters. The first-order valence-electron chi connectivity index (χ1n) is 6.05. The van der Waals surface area contributed by atoms with E-state index in [9.17, 15) is 22.0 Å². The first-order chi connectivity index (χ1) is 9.71. The van der Waals surface area contributed by atoms with Crippen LogP contribution in [-0.2, 0) is 13.8 Å². The molecule has 0 aliphatic heterocycles. The van der Waals surface area contributed by atoms with Crippen LogP contribution in [0.2, 0.25) is 5.02 Å². The lowest BCUT2D eigenvalue weighted by molar-refractivity contribution is 0.0317. The minimum atomic E-state index is -4.65. The van der Waals surface area contributed by atoms with Gasteiger partial charge in [-0.3, -0.25) is 0 Å². The zero-order valence-electron chi connectivity index (χ0n) is 10.5. The second-order valence-electron chi connectivity index (χ2n) is 4.61. The monoisotopic (exact) mass is 358 g/mol. The predicted molar refractivity (Wildman–Crippen MR) is 72.1 cm³/mol. The van der Waals surface area contributed by atoms with Gasteiger partial charge < -0.3 is 4.74 Å². The van der Waals surface area contributed by atoms with Crippen molar-refractivity contribution < 1.29 is 26.7 Å². The maximum Gasteiger partial charge on any atom is 0.340 e. The van der Waals surface area contributed by atoms with Crippen LogP contribution in [0.15, 0.2) is 11.0 Å². The van der Waals surface area contributed by atoms with E-state index in [-0.39, 0.29) is 6.10 Å². The number of esters is 1. The van der Waals surface area contributed by atoms with Crippen LogP contribution in [0.4, 0.5) is 8.78 Å². The molecule has 0 spiro atoms. The van der Waals surface area contributed by atoms with E-state index >= 15 is 0 Å². The number of ether oxygens (including phenoxy) is 1. The molecule has 0 saturated heterocycles. The molecule has 0 bridgehead atoms. The van der Waals surface area contributed by atoms with E-state index in [1.54, 1.807) is 0 Å². The lowest BCUT2D eigenvalue weighted by Gasteiger charge is -2.13. The standard InChI is InChI=1S/C12H10Cl2F2O4S/c13-9-7(12(17)20-6-3-1-2-4-6)5-8(15)10(16)11(9)21(14,18)19/h5-6H,1-4H2. The van der Waals surface area contributed by atoms with Gasteiger partial charge in [0.15, 0.2) is 11.6 Å². The fourth-order valence-electron chi connectivity index (χ4n) is 2.16. The van der Waals surface area contributed by atoms with Gasteiger partial charge in [-0.15, -0.1) is 0 Å². The number of hydrogen-bond acceptors (Lipinski definition) is 4. The molecule has 116 valence electrons. The highest BCUT2D eigenvalue weighted by Gasteiger charge is 2.30. The van der Waals surface area contributed by atoms with Crippen molar-refractivity contribution >= 4 is 37.3 Å². The molecular weight excluding hydrogens is 349 g/mol. The average Bonchev–Trinajstić information content (AvgIpc) is 2.85. The van der Waals surface area contributed by atoms with Crippen molar-refractivity contribution in [3.63, 3.8) is 0 Å². The first-order valence-corrected chi connectivity index (χ1v) is 8.73. The van der Waals surface area contributed by atoms with Gasteiger partial charge in [-0.2, -0.15) is 0 Å². The number of halogens is 4. The Morgan fingerprint density at radius 3 is 2.38 bits per heavy atom. The number of benzene rings is 1. The van der Waals surface area contributed by atoms with E-state index in [1.165, 1.54) is 0 Å². The summed E-state index contributed by atoms with van der Waals surface area (Å²) in [5, 5.41) is -0.785. The summed E-state index contributed by atoms with van der Waals surface area (Å²) in [5.74, 6) is -4.28. The molecule has 4 nitrogen and oxygen atoms in total. The Kier molecular flexibility index (Phi) is 4.75. The maximum atomic E-state index is 13.5. The molecule has 0 aromatic heterocycles. The van der Waals surface area contributed by atoms with Gasteiger partial charge in [0.05, 0.1) is 10.6 Å². The molecule has 9 heteroatoms. The number of carbonyl (C=O) groups is 1. The van der Waals surface area contributed by atoms with Crippen molar-refractivity contribution in [1.29, 1.82) is 0 Å². The van der Waals surface area contributed by atoms with Crippen molar-refractivity contribution in [3.05, 3.63) is 28.3 Å². The maximum absolute atomic E-state index is 13.5. The smallest absolute Gasteiger partial charge is 0.340 e. The first kappa shape index (κ1) is 16.5. The van der Waals surface area contributed by atoms with E-state index in [0.29, 0.717) is 18.9 Å². The van der Waals surface area contributed by atoms with Gasteiger partial charge in [0.1, 0.15) is 11.0 Å². The van der Waals surface area contributed by atoms with Crippen LogP contribution < -0.4 is 0 Å². The zero-order chi connectivity index (χ0) is 15.8. The van der Waals surface area contributed by atoms with E-state index in [2.05, 4.69) is 0 Å². The molecule has 1 aromatic rings. The third-order valence-electron chi connectivity index (χ3n) is 3.16. The van der Waals surface area contributed by atoms with E-state index in [4.69, 9.17) is 27.0 Å². The molecule has 1 aromatic carbocycles. The Morgan fingerprint density at radius 2 is 1.86 bits per heavy atom. The molecule has 0 atom stereocenters. The molecule has 0 N–H and O–H groups in total. The SMILES string of the molecule is O=C(OC1CCCC1)c1cc(F)c(F)c(S(=O)(=O)Cl)c1Cl. The lowest BCUT2D eigenvalue weighted by Crippen LogP contribution is -2.16. The fourth-order valence-corrected chi connectivity index (χ4v) is 3.87. The molecule has 21 heavy (non-hydrogen) atoms. The third-order valence-corrected chi connectivity index (χ3v) is 4.99. The summed E-state index contributed by atoms with van der Waals surface area (Å²) in [6, 6.07) is 0.501. The fraction of sp³-hybridized carbons (Fsp3) is 0.417. The van der Waals surface area contributed by atoms with Crippen LogP contribution in [0.1, 0.15) is 36.0 Å². The van der Waals surface area contributed by atoms with Crippen molar-refractivity contribution in [2.75, 3.05) is 0 Å². The normalized spacial score (nSPS) is 16.2. The van der Waals surface area contributed by atoms with Crippen molar-refractivity contribution in [2.45, 2.75) is 36.7 Å². The van der Waals surface area contributed by atoms with Crippen molar-refractivity contribution in [1.82, 2.24) is 0 Å². The molecule has 0 radical (unpaired) electrons. The lowest BCUT2D eigenvalue weighted by atomic mass is 10.2. The molecule has 0 heterocycles. The van der Waals surface area contributed by atoms with E-state index in [0.717, 1.165) is 12.8 Å². The van der Waals surface area contributed by atoms with Gasteiger partial charge in [-0.25, -0.2) is 22.0 Å². The van der Waals surface area contributed by atoms with E-state index < -0.39 is 42.1 Å². The Bertz CT molecular complexity index is 685. The number of rotatable bonds is 3. The van der Waals surface area contributed by atoms with Gasteiger partial charge in [0.25, 0.3) is 9.05 Å². The van der Waals surface area contributed by atoms with Crippen LogP contribution in [0, 0.1) is 11.6 Å². The second kappa shape index (κ2) is 6.06. The van der Waals surface area contributed by atoms with Gasteiger partial charge in [0.2, 0.25) is 0 Å². The number of carbonyl (C=O) groups excluding carboxylic acids is 1. The van der Waals surface area contributed by atoms with Crippen LogP contribution >= 0.6 is 22.3 Å². The summed E-state index contributed by atoms with van der Waals surface area (Å²) < 4.78 is 54.6. The molecular formula is C12H10Cl2F2O4S. The summed E-state index contributed by atoms with van der Waals surface area (Å²) in [6.45, 7) is 0. The molecule has 1 saturated carbocycles. The summed E-state index contributed by atoms with van der Waals surface area (Å²) in [4.78, 5) is 10.7. The van der Waals surface area contributed by atoms with Crippen LogP contribution in [0.25, 0.3) is 0 Å². The Balaban J connectivity index is 2.44. The summed E-state index contributed by atoms with van der Waals surface area (Å²) in [6.07, 6.45) is 2.77. The van der Waals surface area contributed by atoms with Crippen molar-refractivity contribution in [3.8, 4) is 0 Å². The minimum Gasteiger partial charge on any atom is -0.459 e. The Morgan fingerprint density at radius 1 is 1.29 bits per heavy atom. The highest BCUT2D eigenvalue weighted by atomic mass is 35.7. The molecule has 0 amide bonds. The average molecular weight is 359 g/mol. The molecule has 1 aliphatic rings. The van der Waals surface area contributed by atoms with Crippen molar-refractivity contribution in [2.24, 2.45) is 0 Å². The highest BCUT2D eigenvalue weighted by Crippen LogP contribution is 2.33. The third kappa shape index (κ3) is 3.46. The van der Waals surface area contributed by atoms with Crippen LogP contribution in [0.5, 0.6) is 0 Å². The summed E-state index contributed by atoms with van der Waals surface area (Å²) >= 11 is 5.68. The predicted octanol–water partition coefficient (Wildman–Crippen LogP) is 3.65.